The molecule has 32 heavy (non-hydrogen) atoms. The molecule has 0 unspecified atom stereocenters. The third-order valence-corrected chi connectivity index (χ3v) is 5.14. The number of benzene rings is 2. The van der Waals surface area contributed by atoms with Gasteiger partial charge in [-0.3, -0.25) is 10.1 Å². The monoisotopic (exact) mass is 473 g/mol. The molecule has 1 N–H and O–H groups in total. The lowest BCUT2D eigenvalue weighted by molar-refractivity contribution is 0.0973. The fraction of sp³-hybridized carbons (Fsp3) is 0.333. The molecular weight excluding hydrogens is 453 g/mol. The van der Waals surface area contributed by atoms with Crippen LogP contribution in [0, 0.1) is 29.1 Å². The first-order valence-corrected chi connectivity index (χ1v) is 10.1. The van der Waals surface area contributed by atoms with Crippen molar-refractivity contribution in [1.29, 1.82) is 0 Å². The van der Waals surface area contributed by atoms with Crippen molar-refractivity contribution in [2.75, 3.05) is 31.1 Å². The lowest BCUT2D eigenvalue weighted by atomic mass is 10.2. The smallest absolute Gasteiger partial charge is 0.257 e. The molecule has 2 aromatic rings. The topological polar surface area (TPSA) is 44.8 Å². The van der Waals surface area contributed by atoms with E-state index in [1.807, 2.05) is 13.8 Å². The van der Waals surface area contributed by atoms with E-state index in [2.05, 4.69) is 5.32 Å². The molecule has 1 amide bonds. The molecule has 1 heterocycles. The van der Waals surface area contributed by atoms with E-state index in [4.69, 9.17) is 17.0 Å². The maximum atomic E-state index is 14.0. The molecule has 3 rings (SSSR count). The van der Waals surface area contributed by atoms with Crippen LogP contribution in [0.4, 0.5) is 27.6 Å². The zero-order valence-corrected chi connectivity index (χ0v) is 18.0. The number of hydrogen-bond acceptors (Lipinski definition) is 4. The number of carbonyl (C=O) groups is 1. The van der Waals surface area contributed by atoms with Crippen LogP contribution in [0.1, 0.15) is 24.2 Å². The summed E-state index contributed by atoms with van der Waals surface area (Å²) in [5.74, 6) is -9.78. The number of halogens is 5. The van der Waals surface area contributed by atoms with Crippen LogP contribution in [-0.2, 0) is 0 Å². The standard InChI is InChI=1S/C21H20F5N3O2S/c1-11(2)31-13-5-3-12(4-6-13)20(30)27-21(32)29-9-7-28(8-10-29)19-17(25)15(23)14(22)16(24)18(19)26/h3-6,11H,7-10H2,1-2H3,(H,27,30,32). The second-order valence-corrected chi connectivity index (χ2v) is 7.73. The van der Waals surface area contributed by atoms with Crippen LogP contribution in [0.5, 0.6) is 5.75 Å². The van der Waals surface area contributed by atoms with Crippen LogP contribution >= 0.6 is 12.2 Å². The van der Waals surface area contributed by atoms with E-state index in [1.165, 1.54) is 0 Å². The molecule has 0 spiro atoms. The zero-order chi connectivity index (χ0) is 23.6. The number of hydrogen-bond donors (Lipinski definition) is 1. The van der Waals surface area contributed by atoms with E-state index in [0.29, 0.717) is 11.3 Å². The van der Waals surface area contributed by atoms with Crippen LogP contribution in [0.15, 0.2) is 24.3 Å². The minimum atomic E-state index is -2.20. The first-order valence-electron chi connectivity index (χ1n) is 9.73. The fourth-order valence-electron chi connectivity index (χ4n) is 3.21. The number of amides is 1. The van der Waals surface area contributed by atoms with Crippen LogP contribution in [0.3, 0.4) is 0 Å². The molecule has 0 bridgehead atoms. The zero-order valence-electron chi connectivity index (χ0n) is 17.2. The number of nitrogens with zero attached hydrogens (tertiary/aromatic N) is 2. The van der Waals surface area contributed by atoms with Crippen LogP contribution < -0.4 is 15.0 Å². The van der Waals surface area contributed by atoms with Gasteiger partial charge in [-0.2, -0.15) is 0 Å². The Labute approximate surface area is 186 Å². The summed E-state index contributed by atoms with van der Waals surface area (Å²) in [6.45, 7) is 3.86. The van der Waals surface area contributed by atoms with Gasteiger partial charge in [-0.15, -0.1) is 0 Å². The van der Waals surface area contributed by atoms with Gasteiger partial charge in [0, 0.05) is 31.7 Å². The van der Waals surface area contributed by atoms with Gasteiger partial charge >= 0.3 is 0 Å². The Morgan fingerprint density at radius 1 is 0.906 bits per heavy atom. The highest BCUT2D eigenvalue weighted by Gasteiger charge is 2.31. The molecule has 11 heteroatoms. The summed E-state index contributed by atoms with van der Waals surface area (Å²) in [5.41, 5.74) is -0.622. The van der Waals surface area contributed by atoms with Crippen LogP contribution in [0.2, 0.25) is 0 Å². The minimum Gasteiger partial charge on any atom is -0.491 e. The van der Waals surface area contributed by atoms with Crippen molar-refractivity contribution in [3.05, 3.63) is 58.9 Å². The van der Waals surface area contributed by atoms with Crippen molar-refractivity contribution in [3.8, 4) is 5.75 Å². The van der Waals surface area contributed by atoms with E-state index in [1.54, 1.807) is 29.2 Å². The summed E-state index contributed by atoms with van der Waals surface area (Å²) in [7, 11) is 0. The lowest BCUT2D eigenvalue weighted by Gasteiger charge is -2.37. The largest absolute Gasteiger partial charge is 0.491 e. The molecule has 0 aliphatic carbocycles. The third-order valence-electron chi connectivity index (χ3n) is 4.78. The van der Waals surface area contributed by atoms with Crippen molar-refractivity contribution < 1.29 is 31.5 Å². The summed E-state index contributed by atoms with van der Waals surface area (Å²) in [5, 5.41) is 2.66. The Kier molecular flexibility index (Phi) is 7.17. The van der Waals surface area contributed by atoms with Gasteiger partial charge in [0.15, 0.2) is 28.4 Å². The van der Waals surface area contributed by atoms with Gasteiger partial charge in [0.05, 0.1) is 6.10 Å². The molecular formula is C21H20F5N3O2S. The highest BCUT2D eigenvalue weighted by atomic mass is 32.1. The number of piperazine rings is 1. The Balaban J connectivity index is 1.61. The van der Waals surface area contributed by atoms with E-state index < -0.39 is 40.7 Å². The first kappa shape index (κ1) is 23.7. The molecule has 1 aliphatic heterocycles. The van der Waals surface area contributed by atoms with E-state index in [0.717, 1.165) is 4.90 Å². The third kappa shape index (κ3) is 4.93. The van der Waals surface area contributed by atoms with Gasteiger partial charge in [-0.05, 0) is 50.3 Å². The second kappa shape index (κ2) is 9.68. The Hall–Kier alpha value is -2.95. The molecule has 0 saturated carbocycles. The summed E-state index contributed by atoms with van der Waals surface area (Å²) in [4.78, 5) is 15.1. The molecule has 0 aromatic heterocycles. The SMILES string of the molecule is CC(C)Oc1ccc(C(=O)NC(=S)N2CCN(c3c(F)c(F)c(F)c(F)c3F)CC2)cc1. The van der Waals surface area contributed by atoms with Gasteiger partial charge in [-0.25, -0.2) is 22.0 Å². The predicted octanol–water partition coefficient (Wildman–Crippen LogP) is 4.01. The number of nitrogens with one attached hydrogen (secondary N) is 1. The van der Waals surface area contributed by atoms with E-state index >= 15 is 0 Å². The number of thiocarbonyl (C=S) groups is 1. The molecule has 0 radical (unpaired) electrons. The Morgan fingerprint density at radius 2 is 1.41 bits per heavy atom. The highest BCUT2D eigenvalue weighted by molar-refractivity contribution is 7.80. The maximum Gasteiger partial charge on any atom is 0.257 e. The van der Waals surface area contributed by atoms with Crippen molar-refractivity contribution in [2.45, 2.75) is 20.0 Å². The number of ether oxygens (including phenoxy) is 1. The summed E-state index contributed by atoms with van der Waals surface area (Å²) >= 11 is 5.23. The number of rotatable bonds is 4. The van der Waals surface area contributed by atoms with Crippen molar-refractivity contribution in [3.63, 3.8) is 0 Å². The fourth-order valence-corrected chi connectivity index (χ4v) is 3.48. The van der Waals surface area contributed by atoms with Gasteiger partial charge in [-0.1, -0.05) is 0 Å². The first-order chi connectivity index (χ1) is 15.1. The predicted molar refractivity (Wildman–Crippen MR) is 112 cm³/mol. The molecule has 2 aromatic carbocycles. The summed E-state index contributed by atoms with van der Waals surface area (Å²) in [6.07, 6.45) is -0.00855. The number of anilines is 1. The highest BCUT2D eigenvalue weighted by Crippen LogP contribution is 2.30. The van der Waals surface area contributed by atoms with Crippen LogP contribution in [-0.4, -0.2) is 48.2 Å². The quantitative estimate of drug-likeness (QED) is 0.315. The molecule has 1 aliphatic rings. The van der Waals surface area contributed by atoms with Crippen LogP contribution in [0.25, 0.3) is 0 Å². The molecule has 1 saturated heterocycles. The number of carbonyl (C=O) groups excluding carboxylic acids is 1. The van der Waals surface area contributed by atoms with E-state index in [9.17, 15) is 26.7 Å². The Morgan fingerprint density at radius 3 is 1.91 bits per heavy atom. The molecule has 172 valence electrons. The van der Waals surface area contributed by atoms with Gasteiger partial charge < -0.3 is 14.5 Å². The van der Waals surface area contributed by atoms with Crippen molar-refractivity contribution in [2.24, 2.45) is 0 Å². The average Bonchev–Trinajstić information content (AvgIpc) is 2.77. The van der Waals surface area contributed by atoms with Crippen molar-refractivity contribution >= 4 is 28.9 Å². The summed E-state index contributed by atoms with van der Waals surface area (Å²) < 4.78 is 73.8. The van der Waals surface area contributed by atoms with Gasteiger partial charge in [0.25, 0.3) is 5.91 Å². The van der Waals surface area contributed by atoms with Gasteiger partial charge in [0.1, 0.15) is 11.4 Å². The second-order valence-electron chi connectivity index (χ2n) is 7.34. The molecule has 1 fully saturated rings. The molecule has 0 atom stereocenters. The van der Waals surface area contributed by atoms with E-state index in [-0.39, 0.29) is 37.4 Å². The van der Waals surface area contributed by atoms with Gasteiger partial charge in [0.2, 0.25) is 5.82 Å². The Bertz CT molecular complexity index is 996. The van der Waals surface area contributed by atoms with Crippen molar-refractivity contribution in [1.82, 2.24) is 10.2 Å². The molecule has 5 nitrogen and oxygen atoms in total. The lowest BCUT2D eigenvalue weighted by Crippen LogP contribution is -2.53. The average molecular weight is 473 g/mol. The normalized spacial score (nSPS) is 14.0. The maximum absolute atomic E-state index is 14.0. The minimum absolute atomic E-state index is 0.00855. The summed E-state index contributed by atoms with van der Waals surface area (Å²) in [6, 6.07) is 6.47.